The monoisotopic (exact) mass is 167 g/mol. The molecule has 0 bridgehead atoms. The molecule has 12 heavy (non-hydrogen) atoms. The Morgan fingerprint density at radius 2 is 2.08 bits per heavy atom. The topological polar surface area (TPSA) is 52.5 Å². The summed E-state index contributed by atoms with van der Waals surface area (Å²) in [7, 11) is 1.63. The SMILES string of the molecule is CNC(O)c1ccc(C)cc1O. The number of benzene rings is 1. The van der Waals surface area contributed by atoms with E-state index in [1.165, 1.54) is 0 Å². The molecule has 0 aliphatic heterocycles. The minimum atomic E-state index is -0.800. The minimum absolute atomic E-state index is 0.122. The van der Waals surface area contributed by atoms with Crippen LogP contribution in [0.15, 0.2) is 18.2 Å². The molecular formula is C9H13NO2. The lowest BCUT2D eigenvalue weighted by Crippen LogP contribution is -2.15. The third kappa shape index (κ3) is 1.75. The van der Waals surface area contributed by atoms with E-state index in [1.54, 1.807) is 19.2 Å². The van der Waals surface area contributed by atoms with Crippen LogP contribution in [0.2, 0.25) is 0 Å². The molecule has 0 radical (unpaired) electrons. The van der Waals surface area contributed by atoms with Gasteiger partial charge in [0.05, 0.1) is 0 Å². The highest BCUT2D eigenvalue weighted by Gasteiger charge is 2.08. The second-order valence-corrected chi connectivity index (χ2v) is 2.75. The predicted octanol–water partition coefficient (Wildman–Crippen LogP) is 0.911. The van der Waals surface area contributed by atoms with Crippen molar-refractivity contribution in [2.24, 2.45) is 0 Å². The maximum absolute atomic E-state index is 9.39. The number of nitrogens with one attached hydrogen (secondary N) is 1. The molecule has 0 aliphatic carbocycles. The molecule has 1 aromatic rings. The van der Waals surface area contributed by atoms with E-state index in [1.807, 2.05) is 13.0 Å². The number of hydrogen-bond donors (Lipinski definition) is 3. The number of rotatable bonds is 2. The lowest BCUT2D eigenvalue weighted by atomic mass is 10.1. The lowest BCUT2D eigenvalue weighted by Gasteiger charge is -2.11. The Morgan fingerprint density at radius 3 is 2.58 bits per heavy atom. The Hall–Kier alpha value is -1.06. The molecule has 3 N–H and O–H groups in total. The highest BCUT2D eigenvalue weighted by molar-refractivity contribution is 5.36. The van der Waals surface area contributed by atoms with Crippen molar-refractivity contribution in [1.82, 2.24) is 5.32 Å². The molecule has 0 spiro atoms. The van der Waals surface area contributed by atoms with Crippen LogP contribution in [0.3, 0.4) is 0 Å². The number of phenolic OH excluding ortho intramolecular Hbond substituents is 1. The molecule has 1 atom stereocenters. The van der Waals surface area contributed by atoms with Crippen molar-refractivity contribution >= 4 is 0 Å². The fourth-order valence-electron chi connectivity index (χ4n) is 1.04. The van der Waals surface area contributed by atoms with E-state index < -0.39 is 6.23 Å². The number of hydrogen-bond acceptors (Lipinski definition) is 3. The summed E-state index contributed by atoms with van der Waals surface area (Å²) in [5, 5.41) is 21.4. The van der Waals surface area contributed by atoms with Gasteiger partial charge in [-0.1, -0.05) is 12.1 Å². The lowest BCUT2D eigenvalue weighted by molar-refractivity contribution is 0.146. The first-order valence-electron chi connectivity index (χ1n) is 3.80. The third-order valence-electron chi connectivity index (χ3n) is 1.75. The first kappa shape index (κ1) is 9.03. The Labute approximate surface area is 71.7 Å². The summed E-state index contributed by atoms with van der Waals surface area (Å²) in [6, 6.07) is 5.16. The van der Waals surface area contributed by atoms with E-state index in [0.29, 0.717) is 5.56 Å². The van der Waals surface area contributed by atoms with E-state index in [-0.39, 0.29) is 5.75 Å². The van der Waals surface area contributed by atoms with Crippen molar-refractivity contribution in [1.29, 1.82) is 0 Å². The van der Waals surface area contributed by atoms with Gasteiger partial charge in [-0.3, -0.25) is 5.32 Å². The van der Waals surface area contributed by atoms with Crippen LogP contribution in [-0.2, 0) is 0 Å². The van der Waals surface area contributed by atoms with Gasteiger partial charge < -0.3 is 10.2 Å². The largest absolute Gasteiger partial charge is 0.508 e. The molecule has 0 saturated carbocycles. The molecule has 66 valence electrons. The maximum atomic E-state index is 9.39. The average Bonchev–Trinajstić information content (AvgIpc) is 2.03. The van der Waals surface area contributed by atoms with Crippen molar-refractivity contribution in [3.8, 4) is 5.75 Å². The summed E-state index contributed by atoms with van der Waals surface area (Å²) in [6.07, 6.45) is -0.800. The normalized spacial score (nSPS) is 12.9. The first-order valence-corrected chi connectivity index (χ1v) is 3.80. The molecule has 0 aromatic heterocycles. The summed E-state index contributed by atoms with van der Waals surface area (Å²) < 4.78 is 0. The fraction of sp³-hybridized carbons (Fsp3) is 0.333. The number of aliphatic hydroxyl groups excluding tert-OH is 1. The van der Waals surface area contributed by atoms with Crippen LogP contribution in [0.5, 0.6) is 5.75 Å². The number of aromatic hydroxyl groups is 1. The highest BCUT2D eigenvalue weighted by Crippen LogP contribution is 2.22. The molecule has 0 amide bonds. The van der Waals surface area contributed by atoms with Gasteiger partial charge in [-0.15, -0.1) is 0 Å². The van der Waals surface area contributed by atoms with E-state index in [9.17, 15) is 10.2 Å². The van der Waals surface area contributed by atoms with Crippen LogP contribution in [0.4, 0.5) is 0 Å². The Balaban J connectivity index is 3.01. The molecular weight excluding hydrogens is 154 g/mol. The van der Waals surface area contributed by atoms with Crippen molar-refractivity contribution in [3.63, 3.8) is 0 Å². The van der Waals surface area contributed by atoms with Gasteiger partial charge >= 0.3 is 0 Å². The van der Waals surface area contributed by atoms with E-state index in [0.717, 1.165) is 5.56 Å². The summed E-state index contributed by atoms with van der Waals surface area (Å²) in [4.78, 5) is 0. The van der Waals surface area contributed by atoms with Gasteiger partial charge in [0.25, 0.3) is 0 Å². The quantitative estimate of drug-likeness (QED) is 0.574. The standard InChI is InChI=1S/C9H13NO2/c1-6-3-4-7(8(11)5-6)9(12)10-2/h3-5,9-12H,1-2H3. The molecule has 0 fully saturated rings. The Morgan fingerprint density at radius 1 is 1.42 bits per heavy atom. The van der Waals surface area contributed by atoms with Gasteiger partial charge in [0.15, 0.2) is 0 Å². The van der Waals surface area contributed by atoms with Gasteiger partial charge in [-0.05, 0) is 25.6 Å². The Bertz CT molecular complexity index is 273. The number of aliphatic hydroxyl groups is 1. The van der Waals surface area contributed by atoms with E-state index in [2.05, 4.69) is 5.32 Å². The number of phenols is 1. The minimum Gasteiger partial charge on any atom is -0.508 e. The second-order valence-electron chi connectivity index (χ2n) is 2.75. The summed E-state index contributed by atoms with van der Waals surface area (Å²) in [5.74, 6) is 0.122. The fourth-order valence-corrected chi connectivity index (χ4v) is 1.04. The second kappa shape index (κ2) is 3.56. The number of aryl methyl sites for hydroxylation is 1. The van der Waals surface area contributed by atoms with Crippen molar-refractivity contribution in [3.05, 3.63) is 29.3 Å². The molecule has 3 heteroatoms. The predicted molar refractivity (Wildman–Crippen MR) is 46.9 cm³/mol. The van der Waals surface area contributed by atoms with Crippen LogP contribution in [-0.4, -0.2) is 17.3 Å². The molecule has 1 unspecified atom stereocenters. The molecule has 1 rings (SSSR count). The molecule has 0 heterocycles. The summed E-state index contributed by atoms with van der Waals surface area (Å²) in [5.41, 5.74) is 1.47. The molecule has 3 nitrogen and oxygen atoms in total. The van der Waals surface area contributed by atoms with Crippen LogP contribution >= 0.6 is 0 Å². The summed E-state index contributed by atoms with van der Waals surface area (Å²) in [6.45, 7) is 1.88. The van der Waals surface area contributed by atoms with Gasteiger partial charge in [0.2, 0.25) is 0 Å². The third-order valence-corrected chi connectivity index (χ3v) is 1.75. The maximum Gasteiger partial charge on any atom is 0.134 e. The zero-order chi connectivity index (χ0) is 9.14. The van der Waals surface area contributed by atoms with Crippen molar-refractivity contribution in [2.75, 3.05) is 7.05 Å². The molecule has 0 saturated heterocycles. The smallest absolute Gasteiger partial charge is 0.134 e. The van der Waals surface area contributed by atoms with Gasteiger partial charge in [-0.2, -0.15) is 0 Å². The highest BCUT2D eigenvalue weighted by atomic mass is 16.3. The van der Waals surface area contributed by atoms with E-state index >= 15 is 0 Å². The van der Waals surface area contributed by atoms with Crippen LogP contribution in [0.25, 0.3) is 0 Å². The van der Waals surface area contributed by atoms with E-state index in [4.69, 9.17) is 0 Å². The average molecular weight is 167 g/mol. The zero-order valence-corrected chi connectivity index (χ0v) is 7.20. The van der Waals surface area contributed by atoms with Crippen LogP contribution in [0.1, 0.15) is 17.4 Å². The zero-order valence-electron chi connectivity index (χ0n) is 7.20. The van der Waals surface area contributed by atoms with Gasteiger partial charge in [0, 0.05) is 5.56 Å². The summed E-state index contributed by atoms with van der Waals surface area (Å²) >= 11 is 0. The van der Waals surface area contributed by atoms with Crippen LogP contribution < -0.4 is 5.32 Å². The Kier molecular flexibility index (Phi) is 2.68. The van der Waals surface area contributed by atoms with Gasteiger partial charge in [0.1, 0.15) is 12.0 Å². The molecule has 1 aromatic carbocycles. The van der Waals surface area contributed by atoms with Crippen LogP contribution in [0, 0.1) is 6.92 Å². The van der Waals surface area contributed by atoms with Crippen molar-refractivity contribution < 1.29 is 10.2 Å². The first-order chi connectivity index (χ1) is 5.65. The molecule has 0 aliphatic rings. The van der Waals surface area contributed by atoms with Gasteiger partial charge in [-0.25, -0.2) is 0 Å². The van der Waals surface area contributed by atoms with Crippen molar-refractivity contribution in [2.45, 2.75) is 13.2 Å².